The minimum Gasteiger partial charge on any atom is -0.481 e. The van der Waals surface area contributed by atoms with Crippen molar-refractivity contribution in [3.63, 3.8) is 0 Å². The molecule has 0 unspecified atom stereocenters. The van der Waals surface area contributed by atoms with Crippen LogP contribution < -0.4 is 10.6 Å². The molecule has 0 saturated carbocycles. The molecule has 0 atom stereocenters. The highest BCUT2D eigenvalue weighted by Gasteiger charge is 2.01. The quantitative estimate of drug-likeness (QED) is 0.667. The second-order valence-electron chi connectivity index (χ2n) is 3.40. The predicted octanol–water partition coefficient (Wildman–Crippen LogP) is 0.398. The molecule has 0 radical (unpaired) electrons. The van der Waals surface area contributed by atoms with Crippen molar-refractivity contribution < 1.29 is 14.7 Å². The standard InChI is InChI=1S/C11H15N3O3/c15-10(16)5-8-14-11(17)13-7-4-9-3-1-2-6-12-9/h1-3,6H,4-5,7-8H2,(H,15,16)(H2,13,14,17). The van der Waals surface area contributed by atoms with Crippen LogP contribution in [0.2, 0.25) is 0 Å². The van der Waals surface area contributed by atoms with E-state index in [0.717, 1.165) is 5.69 Å². The van der Waals surface area contributed by atoms with Crippen molar-refractivity contribution in [3.05, 3.63) is 30.1 Å². The molecule has 0 spiro atoms. The van der Waals surface area contributed by atoms with E-state index in [9.17, 15) is 9.59 Å². The van der Waals surface area contributed by atoms with Crippen LogP contribution in [0.4, 0.5) is 4.79 Å². The summed E-state index contributed by atoms with van der Waals surface area (Å²) >= 11 is 0. The van der Waals surface area contributed by atoms with Crippen LogP contribution in [0.1, 0.15) is 12.1 Å². The van der Waals surface area contributed by atoms with Gasteiger partial charge in [-0.1, -0.05) is 6.07 Å². The van der Waals surface area contributed by atoms with Crippen LogP contribution in [-0.2, 0) is 11.2 Å². The summed E-state index contributed by atoms with van der Waals surface area (Å²) < 4.78 is 0. The van der Waals surface area contributed by atoms with E-state index in [0.29, 0.717) is 13.0 Å². The average Bonchev–Trinajstić information content (AvgIpc) is 2.30. The molecule has 0 bridgehead atoms. The van der Waals surface area contributed by atoms with Gasteiger partial charge in [-0.25, -0.2) is 4.79 Å². The maximum absolute atomic E-state index is 11.2. The van der Waals surface area contributed by atoms with E-state index in [1.54, 1.807) is 6.20 Å². The first kappa shape index (κ1) is 13.0. The molecule has 0 aliphatic carbocycles. The first-order chi connectivity index (χ1) is 8.18. The summed E-state index contributed by atoms with van der Waals surface area (Å²) in [6.45, 7) is 0.598. The smallest absolute Gasteiger partial charge is 0.314 e. The number of carbonyl (C=O) groups is 2. The van der Waals surface area contributed by atoms with E-state index < -0.39 is 5.97 Å². The molecular weight excluding hydrogens is 222 g/mol. The Bertz CT molecular complexity index is 367. The number of hydrogen-bond donors (Lipinski definition) is 3. The number of pyridine rings is 1. The summed E-state index contributed by atoms with van der Waals surface area (Å²) in [4.78, 5) is 25.5. The van der Waals surface area contributed by atoms with Gasteiger partial charge < -0.3 is 15.7 Å². The Morgan fingerprint density at radius 3 is 2.65 bits per heavy atom. The Labute approximate surface area is 99.1 Å². The SMILES string of the molecule is O=C(O)CCNC(=O)NCCc1ccccn1. The fraction of sp³-hybridized carbons (Fsp3) is 0.364. The summed E-state index contributed by atoms with van der Waals surface area (Å²) in [5.74, 6) is -0.932. The van der Waals surface area contributed by atoms with Gasteiger partial charge in [-0.2, -0.15) is 0 Å². The minimum atomic E-state index is -0.932. The number of urea groups is 1. The molecule has 6 nitrogen and oxygen atoms in total. The topological polar surface area (TPSA) is 91.3 Å². The normalized spacial score (nSPS) is 9.65. The van der Waals surface area contributed by atoms with Crippen LogP contribution in [0.3, 0.4) is 0 Å². The monoisotopic (exact) mass is 237 g/mol. The molecule has 1 aromatic heterocycles. The second kappa shape index (κ2) is 7.21. The molecule has 1 rings (SSSR count). The Morgan fingerprint density at radius 2 is 2.00 bits per heavy atom. The van der Waals surface area contributed by atoms with Crippen molar-refractivity contribution >= 4 is 12.0 Å². The van der Waals surface area contributed by atoms with Gasteiger partial charge >= 0.3 is 12.0 Å². The Hall–Kier alpha value is -2.11. The summed E-state index contributed by atoms with van der Waals surface area (Å²) in [6, 6.07) is 5.23. The van der Waals surface area contributed by atoms with E-state index in [1.807, 2.05) is 18.2 Å². The molecule has 3 N–H and O–H groups in total. The van der Waals surface area contributed by atoms with Crippen molar-refractivity contribution in [2.24, 2.45) is 0 Å². The lowest BCUT2D eigenvalue weighted by Gasteiger charge is -2.06. The molecule has 17 heavy (non-hydrogen) atoms. The molecule has 0 fully saturated rings. The lowest BCUT2D eigenvalue weighted by molar-refractivity contribution is -0.136. The fourth-order valence-electron chi connectivity index (χ4n) is 1.20. The number of amides is 2. The first-order valence-electron chi connectivity index (χ1n) is 5.32. The molecular formula is C11H15N3O3. The summed E-state index contributed by atoms with van der Waals surface area (Å²) in [7, 11) is 0. The lowest BCUT2D eigenvalue weighted by atomic mass is 10.3. The second-order valence-corrected chi connectivity index (χ2v) is 3.40. The van der Waals surface area contributed by atoms with E-state index >= 15 is 0 Å². The van der Waals surface area contributed by atoms with Crippen LogP contribution in [-0.4, -0.2) is 35.2 Å². The average molecular weight is 237 g/mol. The van der Waals surface area contributed by atoms with Gasteiger partial charge in [0.1, 0.15) is 0 Å². The number of hydrogen-bond acceptors (Lipinski definition) is 3. The van der Waals surface area contributed by atoms with E-state index in [4.69, 9.17) is 5.11 Å². The summed E-state index contributed by atoms with van der Waals surface area (Å²) in [6.07, 6.45) is 2.27. The zero-order valence-electron chi connectivity index (χ0n) is 9.35. The highest BCUT2D eigenvalue weighted by molar-refractivity contribution is 5.74. The van der Waals surface area contributed by atoms with Gasteiger partial charge in [-0.15, -0.1) is 0 Å². The highest BCUT2D eigenvalue weighted by atomic mass is 16.4. The first-order valence-corrected chi connectivity index (χ1v) is 5.32. The van der Waals surface area contributed by atoms with Gasteiger partial charge in [0.2, 0.25) is 0 Å². The number of nitrogens with zero attached hydrogens (tertiary/aromatic N) is 1. The third-order valence-corrected chi connectivity index (χ3v) is 2.02. The van der Waals surface area contributed by atoms with Crippen LogP contribution in [0, 0.1) is 0 Å². The zero-order valence-corrected chi connectivity index (χ0v) is 9.35. The van der Waals surface area contributed by atoms with Crippen molar-refractivity contribution in [3.8, 4) is 0 Å². The number of rotatable bonds is 6. The van der Waals surface area contributed by atoms with E-state index in [2.05, 4.69) is 15.6 Å². The van der Waals surface area contributed by atoms with Crippen molar-refractivity contribution in [1.82, 2.24) is 15.6 Å². The van der Waals surface area contributed by atoms with Gasteiger partial charge in [0.15, 0.2) is 0 Å². The maximum Gasteiger partial charge on any atom is 0.314 e. The molecule has 1 heterocycles. The molecule has 1 aromatic rings. The summed E-state index contributed by atoms with van der Waals surface area (Å²) in [5, 5.41) is 13.4. The van der Waals surface area contributed by atoms with Gasteiger partial charge in [0.25, 0.3) is 0 Å². The largest absolute Gasteiger partial charge is 0.481 e. The van der Waals surface area contributed by atoms with Gasteiger partial charge in [-0.05, 0) is 12.1 Å². The highest BCUT2D eigenvalue weighted by Crippen LogP contribution is 1.92. The number of aliphatic carboxylic acids is 1. The summed E-state index contributed by atoms with van der Waals surface area (Å²) in [5.41, 5.74) is 0.901. The number of nitrogens with one attached hydrogen (secondary N) is 2. The third-order valence-electron chi connectivity index (χ3n) is 2.02. The van der Waals surface area contributed by atoms with Crippen LogP contribution in [0.5, 0.6) is 0 Å². The predicted molar refractivity (Wildman–Crippen MR) is 61.6 cm³/mol. The molecule has 0 aliphatic heterocycles. The molecule has 92 valence electrons. The van der Waals surface area contributed by atoms with Gasteiger partial charge in [0.05, 0.1) is 6.42 Å². The lowest BCUT2D eigenvalue weighted by Crippen LogP contribution is -2.37. The number of carboxylic acids is 1. The van der Waals surface area contributed by atoms with Gasteiger partial charge in [-0.3, -0.25) is 9.78 Å². The number of aromatic nitrogens is 1. The molecule has 2 amide bonds. The van der Waals surface area contributed by atoms with Crippen LogP contribution in [0.15, 0.2) is 24.4 Å². The van der Waals surface area contributed by atoms with Crippen LogP contribution in [0.25, 0.3) is 0 Å². The van der Waals surface area contributed by atoms with Crippen LogP contribution >= 0.6 is 0 Å². The minimum absolute atomic E-state index is 0.0757. The van der Waals surface area contributed by atoms with Crippen molar-refractivity contribution in [2.45, 2.75) is 12.8 Å². The Balaban J connectivity index is 2.10. The number of carboxylic acid groups (broad SMARTS) is 1. The molecule has 6 heteroatoms. The fourth-order valence-corrected chi connectivity index (χ4v) is 1.20. The molecule has 0 saturated heterocycles. The Kier molecular flexibility index (Phi) is 5.50. The molecule has 0 aliphatic rings. The number of carbonyl (C=O) groups excluding carboxylic acids is 1. The van der Waals surface area contributed by atoms with E-state index in [-0.39, 0.29) is 19.0 Å². The molecule has 0 aromatic carbocycles. The third kappa shape index (κ3) is 6.14. The zero-order chi connectivity index (χ0) is 12.5. The maximum atomic E-state index is 11.2. The van der Waals surface area contributed by atoms with Crippen molar-refractivity contribution in [2.75, 3.05) is 13.1 Å². The van der Waals surface area contributed by atoms with Gasteiger partial charge in [0, 0.05) is 31.4 Å². The Morgan fingerprint density at radius 1 is 1.24 bits per heavy atom. The van der Waals surface area contributed by atoms with E-state index in [1.165, 1.54) is 0 Å². The van der Waals surface area contributed by atoms with Crippen molar-refractivity contribution in [1.29, 1.82) is 0 Å².